The summed E-state index contributed by atoms with van der Waals surface area (Å²) in [6.07, 6.45) is 2.13. The zero-order chi connectivity index (χ0) is 18.8. The van der Waals surface area contributed by atoms with Crippen molar-refractivity contribution in [3.05, 3.63) is 29.8 Å². The highest BCUT2D eigenvalue weighted by molar-refractivity contribution is 5.96. The zero-order valence-corrected chi connectivity index (χ0v) is 15.1. The molecule has 140 valence electrons. The van der Waals surface area contributed by atoms with Crippen LogP contribution in [0.1, 0.15) is 37.0 Å². The molecule has 1 heterocycles. The Labute approximate surface area is 152 Å². The van der Waals surface area contributed by atoms with Gasteiger partial charge in [-0.3, -0.25) is 9.59 Å². The van der Waals surface area contributed by atoms with Crippen molar-refractivity contribution in [3.8, 4) is 0 Å². The number of anilines is 1. The van der Waals surface area contributed by atoms with Gasteiger partial charge >= 0.3 is 12.0 Å². The number of carboxylic acids is 1. The van der Waals surface area contributed by atoms with Crippen LogP contribution < -0.4 is 10.6 Å². The Morgan fingerprint density at radius 3 is 2.31 bits per heavy atom. The van der Waals surface area contributed by atoms with E-state index in [4.69, 9.17) is 0 Å². The molecule has 0 aromatic heterocycles. The standard InChI is InChI=1S/C19H25N3O4/c1-11(2)20-19(26)21-14-7-5-13(6-8-14)17(23)22-9-15(12-3-4-12)16(10-22)18(24)25/h5-8,11-12,15-16H,3-4,9-10H2,1-2H3,(H,24,25)(H2,20,21,26)/t15-,16+/m1/s1. The van der Waals surface area contributed by atoms with Crippen molar-refractivity contribution in [1.82, 2.24) is 10.2 Å². The van der Waals surface area contributed by atoms with Crippen molar-refractivity contribution >= 4 is 23.6 Å². The lowest BCUT2D eigenvalue weighted by atomic mass is 9.92. The Morgan fingerprint density at radius 1 is 1.12 bits per heavy atom. The third kappa shape index (κ3) is 4.15. The van der Waals surface area contributed by atoms with Crippen LogP contribution in [0.2, 0.25) is 0 Å². The maximum absolute atomic E-state index is 12.7. The summed E-state index contributed by atoms with van der Waals surface area (Å²) in [5, 5.41) is 14.9. The molecule has 1 aromatic carbocycles. The summed E-state index contributed by atoms with van der Waals surface area (Å²) >= 11 is 0. The highest BCUT2D eigenvalue weighted by atomic mass is 16.4. The first kappa shape index (κ1) is 18.2. The smallest absolute Gasteiger partial charge is 0.319 e. The van der Waals surface area contributed by atoms with E-state index in [1.807, 2.05) is 13.8 Å². The van der Waals surface area contributed by atoms with Crippen LogP contribution in [0.4, 0.5) is 10.5 Å². The molecule has 3 N–H and O–H groups in total. The molecule has 0 unspecified atom stereocenters. The van der Waals surface area contributed by atoms with Crippen LogP contribution in [0, 0.1) is 17.8 Å². The lowest BCUT2D eigenvalue weighted by Crippen LogP contribution is -2.34. The fraction of sp³-hybridized carbons (Fsp3) is 0.526. The number of hydrogen-bond acceptors (Lipinski definition) is 3. The highest BCUT2D eigenvalue weighted by Gasteiger charge is 2.46. The zero-order valence-electron chi connectivity index (χ0n) is 15.1. The monoisotopic (exact) mass is 359 g/mol. The van der Waals surface area contributed by atoms with Crippen LogP contribution >= 0.6 is 0 Å². The number of hydrogen-bond donors (Lipinski definition) is 3. The number of rotatable bonds is 5. The number of aliphatic carboxylic acids is 1. The summed E-state index contributed by atoms with van der Waals surface area (Å²) in [7, 11) is 0. The van der Waals surface area contributed by atoms with Gasteiger partial charge in [0.05, 0.1) is 5.92 Å². The summed E-state index contributed by atoms with van der Waals surface area (Å²) < 4.78 is 0. The van der Waals surface area contributed by atoms with Gasteiger partial charge in [-0.1, -0.05) is 0 Å². The quantitative estimate of drug-likeness (QED) is 0.752. The second-order valence-electron chi connectivity index (χ2n) is 7.49. The fourth-order valence-electron chi connectivity index (χ4n) is 3.57. The molecule has 7 heteroatoms. The van der Waals surface area contributed by atoms with Gasteiger partial charge in [0.15, 0.2) is 0 Å². The molecule has 1 saturated heterocycles. The minimum absolute atomic E-state index is 0.0348. The van der Waals surface area contributed by atoms with Crippen LogP contribution in [-0.4, -0.2) is 47.0 Å². The molecule has 1 aliphatic heterocycles. The number of nitrogens with zero attached hydrogens (tertiary/aromatic N) is 1. The Hall–Kier alpha value is -2.57. The Kier molecular flexibility index (Phi) is 5.15. The van der Waals surface area contributed by atoms with Crippen LogP contribution in [0.15, 0.2) is 24.3 Å². The van der Waals surface area contributed by atoms with Gasteiger partial charge in [0.2, 0.25) is 0 Å². The van der Waals surface area contributed by atoms with Gasteiger partial charge in [-0.15, -0.1) is 0 Å². The van der Waals surface area contributed by atoms with E-state index in [0.29, 0.717) is 23.7 Å². The van der Waals surface area contributed by atoms with Crippen molar-refractivity contribution in [2.45, 2.75) is 32.7 Å². The first-order chi connectivity index (χ1) is 12.3. The van der Waals surface area contributed by atoms with Crippen molar-refractivity contribution in [2.75, 3.05) is 18.4 Å². The van der Waals surface area contributed by atoms with Crippen molar-refractivity contribution in [2.24, 2.45) is 17.8 Å². The number of carboxylic acid groups (broad SMARTS) is 1. The molecule has 2 aliphatic rings. The molecule has 1 aliphatic carbocycles. The molecule has 26 heavy (non-hydrogen) atoms. The van der Waals surface area contributed by atoms with Gasteiger partial charge < -0.3 is 20.6 Å². The second-order valence-corrected chi connectivity index (χ2v) is 7.49. The molecule has 2 atom stereocenters. The average molecular weight is 359 g/mol. The lowest BCUT2D eigenvalue weighted by molar-refractivity contribution is -0.142. The summed E-state index contributed by atoms with van der Waals surface area (Å²) in [6, 6.07) is 6.41. The van der Waals surface area contributed by atoms with Gasteiger partial charge in [0.1, 0.15) is 0 Å². The van der Waals surface area contributed by atoms with Crippen molar-refractivity contribution < 1.29 is 19.5 Å². The third-order valence-electron chi connectivity index (χ3n) is 5.01. The normalized spacial score (nSPS) is 22.3. The molecular formula is C19H25N3O4. The summed E-state index contributed by atoms with van der Waals surface area (Å²) in [5.74, 6) is -0.922. The molecule has 3 rings (SSSR count). The van der Waals surface area contributed by atoms with Gasteiger partial charge in [-0.2, -0.15) is 0 Å². The van der Waals surface area contributed by atoms with E-state index in [0.717, 1.165) is 12.8 Å². The summed E-state index contributed by atoms with van der Waals surface area (Å²) in [5.41, 5.74) is 1.10. The van der Waals surface area contributed by atoms with Gasteiger partial charge in [-0.25, -0.2) is 4.79 Å². The molecule has 0 spiro atoms. The minimum atomic E-state index is -0.812. The number of amides is 3. The minimum Gasteiger partial charge on any atom is -0.481 e. The predicted molar refractivity (Wildman–Crippen MR) is 97.0 cm³/mol. The number of urea groups is 1. The summed E-state index contributed by atoms with van der Waals surface area (Å²) in [6.45, 7) is 4.52. The van der Waals surface area contributed by atoms with Crippen LogP contribution in [0.3, 0.4) is 0 Å². The largest absolute Gasteiger partial charge is 0.481 e. The molecule has 0 radical (unpaired) electrons. The fourth-order valence-corrected chi connectivity index (χ4v) is 3.57. The first-order valence-electron chi connectivity index (χ1n) is 9.05. The van der Waals surface area contributed by atoms with Gasteiger partial charge in [-0.05, 0) is 62.8 Å². The van der Waals surface area contributed by atoms with E-state index in [1.54, 1.807) is 29.2 Å². The van der Waals surface area contributed by atoms with Crippen molar-refractivity contribution in [1.29, 1.82) is 0 Å². The van der Waals surface area contributed by atoms with Crippen LogP contribution in [0.5, 0.6) is 0 Å². The van der Waals surface area contributed by atoms with E-state index in [-0.39, 0.29) is 30.4 Å². The third-order valence-corrected chi connectivity index (χ3v) is 5.01. The number of likely N-dealkylation sites (tertiary alicyclic amines) is 1. The van der Waals surface area contributed by atoms with E-state index in [1.165, 1.54) is 0 Å². The SMILES string of the molecule is CC(C)NC(=O)Nc1ccc(C(=O)N2C[C@H](C(=O)O)[C@@H](C3CC3)C2)cc1. The van der Waals surface area contributed by atoms with Crippen LogP contribution in [-0.2, 0) is 4.79 Å². The average Bonchev–Trinajstić information content (AvgIpc) is 3.32. The number of carbonyl (C=O) groups excluding carboxylic acids is 2. The lowest BCUT2D eigenvalue weighted by Gasteiger charge is -2.17. The molecule has 1 aromatic rings. The molecule has 7 nitrogen and oxygen atoms in total. The number of nitrogens with one attached hydrogen (secondary N) is 2. The number of carbonyl (C=O) groups is 3. The Balaban J connectivity index is 1.63. The second kappa shape index (κ2) is 7.35. The van der Waals surface area contributed by atoms with E-state index in [9.17, 15) is 19.5 Å². The summed E-state index contributed by atoms with van der Waals surface area (Å²) in [4.78, 5) is 37.6. The van der Waals surface area contributed by atoms with E-state index in [2.05, 4.69) is 10.6 Å². The highest BCUT2D eigenvalue weighted by Crippen LogP contribution is 2.44. The van der Waals surface area contributed by atoms with Gasteiger partial charge in [0.25, 0.3) is 5.91 Å². The van der Waals surface area contributed by atoms with E-state index >= 15 is 0 Å². The maximum atomic E-state index is 12.7. The molecule has 2 fully saturated rings. The molecular weight excluding hydrogens is 334 g/mol. The van der Waals surface area contributed by atoms with E-state index < -0.39 is 11.9 Å². The van der Waals surface area contributed by atoms with Crippen molar-refractivity contribution in [3.63, 3.8) is 0 Å². The van der Waals surface area contributed by atoms with Crippen LogP contribution in [0.25, 0.3) is 0 Å². The molecule has 3 amide bonds. The topological polar surface area (TPSA) is 98.7 Å². The van der Waals surface area contributed by atoms with Gasteiger partial charge in [0, 0.05) is 30.4 Å². The Bertz CT molecular complexity index is 697. The predicted octanol–water partition coefficient (Wildman–Crippen LogP) is 2.40. The maximum Gasteiger partial charge on any atom is 0.319 e. The first-order valence-corrected chi connectivity index (χ1v) is 9.05. The number of benzene rings is 1. The Morgan fingerprint density at radius 2 is 1.77 bits per heavy atom. The molecule has 1 saturated carbocycles. The molecule has 0 bridgehead atoms.